The highest BCUT2D eigenvalue weighted by Gasteiger charge is 2.07. The molecule has 0 radical (unpaired) electrons. The molecule has 1 N–H and O–H groups in total. The summed E-state index contributed by atoms with van der Waals surface area (Å²) >= 11 is 8.96. The molecule has 6 heteroatoms. The fraction of sp³-hybridized carbons (Fsp3) is 0. The van der Waals surface area contributed by atoms with Crippen molar-refractivity contribution in [2.75, 3.05) is 0 Å². The minimum Gasteiger partial charge on any atom is -0.267 e. The molecule has 0 unspecified atom stereocenters. The SMILES string of the molecule is O=C(NN=Cc1ccc(F)c(Br)c1)c1ccccc1Cl. The van der Waals surface area contributed by atoms with Crippen LogP contribution in [-0.4, -0.2) is 12.1 Å². The number of nitrogens with one attached hydrogen (secondary N) is 1. The van der Waals surface area contributed by atoms with Crippen molar-refractivity contribution in [3.63, 3.8) is 0 Å². The number of carbonyl (C=O) groups excluding carboxylic acids is 1. The molecule has 1 amide bonds. The Kier molecular flexibility index (Phi) is 4.87. The minimum absolute atomic E-state index is 0.332. The Balaban J connectivity index is 2.05. The Morgan fingerprint density at radius 1 is 1.30 bits per heavy atom. The Hall–Kier alpha value is -1.72. The zero-order valence-corrected chi connectivity index (χ0v) is 12.5. The van der Waals surface area contributed by atoms with Gasteiger partial charge in [0, 0.05) is 0 Å². The van der Waals surface area contributed by atoms with Crippen molar-refractivity contribution in [1.29, 1.82) is 0 Å². The monoisotopic (exact) mass is 354 g/mol. The molecule has 0 fully saturated rings. The highest BCUT2D eigenvalue weighted by atomic mass is 79.9. The number of hydrogen-bond donors (Lipinski definition) is 1. The van der Waals surface area contributed by atoms with E-state index in [-0.39, 0.29) is 5.82 Å². The molecule has 0 aliphatic heterocycles. The second-order valence-corrected chi connectivity index (χ2v) is 5.11. The van der Waals surface area contributed by atoms with Crippen LogP contribution in [0.4, 0.5) is 4.39 Å². The van der Waals surface area contributed by atoms with Crippen molar-refractivity contribution in [3.8, 4) is 0 Å². The molecule has 2 rings (SSSR count). The van der Waals surface area contributed by atoms with Crippen LogP contribution in [0.3, 0.4) is 0 Å². The van der Waals surface area contributed by atoms with Crippen molar-refractivity contribution in [3.05, 3.63) is 68.9 Å². The minimum atomic E-state index is -0.409. The molecule has 0 aromatic heterocycles. The average Bonchev–Trinajstić information content (AvgIpc) is 2.43. The molecule has 0 atom stereocenters. The molecule has 0 heterocycles. The molecule has 0 bridgehead atoms. The molecule has 0 saturated heterocycles. The smallest absolute Gasteiger partial charge is 0.267 e. The van der Waals surface area contributed by atoms with Crippen LogP contribution in [0.15, 0.2) is 52.0 Å². The fourth-order valence-electron chi connectivity index (χ4n) is 1.46. The maximum atomic E-state index is 13.0. The quantitative estimate of drug-likeness (QED) is 0.656. The van der Waals surface area contributed by atoms with Gasteiger partial charge < -0.3 is 0 Å². The molecule has 0 aliphatic rings. The van der Waals surface area contributed by atoms with Crippen LogP contribution >= 0.6 is 27.5 Å². The van der Waals surface area contributed by atoms with Gasteiger partial charge in [-0.05, 0) is 45.8 Å². The summed E-state index contributed by atoms with van der Waals surface area (Å²) in [6, 6.07) is 11.1. The standard InChI is InChI=1S/C14H9BrClFN2O/c15-11-7-9(5-6-13(11)17)8-18-19-14(20)10-3-1-2-4-12(10)16/h1-8H,(H,19,20). The van der Waals surface area contributed by atoms with Gasteiger partial charge in [0.2, 0.25) is 0 Å². The van der Waals surface area contributed by atoms with Crippen molar-refractivity contribution >= 4 is 39.7 Å². The third kappa shape index (κ3) is 3.65. The number of amides is 1. The van der Waals surface area contributed by atoms with E-state index in [9.17, 15) is 9.18 Å². The van der Waals surface area contributed by atoms with Gasteiger partial charge in [-0.25, -0.2) is 9.82 Å². The van der Waals surface area contributed by atoms with Crippen molar-refractivity contribution in [2.45, 2.75) is 0 Å². The first-order valence-electron chi connectivity index (χ1n) is 5.61. The van der Waals surface area contributed by atoms with Crippen LogP contribution in [-0.2, 0) is 0 Å². The van der Waals surface area contributed by atoms with E-state index in [2.05, 4.69) is 26.5 Å². The van der Waals surface area contributed by atoms with Crippen molar-refractivity contribution in [2.24, 2.45) is 5.10 Å². The first-order chi connectivity index (χ1) is 9.58. The number of rotatable bonds is 3. The number of nitrogens with zero attached hydrogens (tertiary/aromatic N) is 1. The van der Waals surface area contributed by atoms with E-state index in [0.717, 1.165) is 0 Å². The van der Waals surface area contributed by atoms with E-state index < -0.39 is 5.91 Å². The highest BCUT2D eigenvalue weighted by Crippen LogP contribution is 2.16. The third-order valence-electron chi connectivity index (χ3n) is 2.44. The molecule has 0 aliphatic carbocycles. The summed E-state index contributed by atoms with van der Waals surface area (Å²) in [5.74, 6) is -0.768. The molecule has 2 aromatic carbocycles. The molecule has 20 heavy (non-hydrogen) atoms. The maximum absolute atomic E-state index is 13.0. The topological polar surface area (TPSA) is 41.5 Å². The number of hydrazone groups is 1. The van der Waals surface area contributed by atoms with Gasteiger partial charge in [-0.3, -0.25) is 4.79 Å². The molecule has 3 nitrogen and oxygen atoms in total. The van der Waals surface area contributed by atoms with E-state index in [1.54, 1.807) is 36.4 Å². The van der Waals surface area contributed by atoms with Gasteiger partial charge in [0.25, 0.3) is 5.91 Å². The van der Waals surface area contributed by atoms with Crippen molar-refractivity contribution < 1.29 is 9.18 Å². The summed E-state index contributed by atoms with van der Waals surface area (Å²) in [6.07, 6.45) is 1.42. The predicted octanol–water partition coefficient (Wildman–Crippen LogP) is 4.01. The zero-order chi connectivity index (χ0) is 14.5. The number of carbonyl (C=O) groups is 1. The first kappa shape index (κ1) is 14.7. The molecular formula is C14H9BrClFN2O. The van der Waals surface area contributed by atoms with Crippen LogP contribution in [0.2, 0.25) is 5.02 Å². The van der Waals surface area contributed by atoms with Gasteiger partial charge in [-0.15, -0.1) is 0 Å². The second kappa shape index (κ2) is 6.63. The van der Waals surface area contributed by atoms with E-state index in [4.69, 9.17) is 11.6 Å². The lowest BCUT2D eigenvalue weighted by Gasteiger charge is -2.01. The molecule has 102 valence electrons. The van der Waals surface area contributed by atoms with Gasteiger partial charge in [0.1, 0.15) is 5.82 Å². The lowest BCUT2D eigenvalue weighted by Crippen LogP contribution is -2.17. The third-order valence-corrected chi connectivity index (χ3v) is 3.38. The van der Waals surface area contributed by atoms with Gasteiger partial charge in [-0.2, -0.15) is 5.10 Å². The molecule has 0 saturated carbocycles. The Morgan fingerprint density at radius 2 is 2.05 bits per heavy atom. The van der Waals surface area contributed by atoms with Gasteiger partial charge in [-0.1, -0.05) is 29.8 Å². The summed E-state index contributed by atoms with van der Waals surface area (Å²) in [5, 5.41) is 4.15. The van der Waals surface area contributed by atoms with E-state index in [0.29, 0.717) is 20.6 Å². The lowest BCUT2D eigenvalue weighted by molar-refractivity contribution is 0.0955. The van der Waals surface area contributed by atoms with Crippen LogP contribution in [0.25, 0.3) is 0 Å². The summed E-state index contributed by atoms with van der Waals surface area (Å²) in [7, 11) is 0. The van der Waals surface area contributed by atoms with E-state index in [1.807, 2.05) is 0 Å². The largest absolute Gasteiger partial charge is 0.272 e. The Labute approximate surface area is 128 Å². The summed E-state index contributed by atoms with van der Waals surface area (Å²) < 4.78 is 13.4. The van der Waals surface area contributed by atoms with Gasteiger partial charge in [0.15, 0.2) is 0 Å². The normalized spacial score (nSPS) is 10.8. The Bertz CT molecular complexity index is 676. The summed E-state index contributed by atoms with van der Waals surface area (Å²) in [4.78, 5) is 11.8. The number of benzene rings is 2. The highest BCUT2D eigenvalue weighted by molar-refractivity contribution is 9.10. The van der Waals surface area contributed by atoms with Crippen molar-refractivity contribution in [1.82, 2.24) is 5.43 Å². The molecule has 0 spiro atoms. The number of hydrogen-bond acceptors (Lipinski definition) is 2. The van der Waals surface area contributed by atoms with E-state index in [1.165, 1.54) is 12.3 Å². The fourth-order valence-corrected chi connectivity index (χ4v) is 2.08. The van der Waals surface area contributed by atoms with Crippen LogP contribution < -0.4 is 5.43 Å². The average molecular weight is 356 g/mol. The maximum Gasteiger partial charge on any atom is 0.272 e. The van der Waals surface area contributed by atoms with Crippen LogP contribution in [0, 0.1) is 5.82 Å². The summed E-state index contributed by atoms with van der Waals surface area (Å²) in [5.41, 5.74) is 3.35. The second-order valence-electron chi connectivity index (χ2n) is 3.85. The van der Waals surface area contributed by atoms with Gasteiger partial charge >= 0.3 is 0 Å². The zero-order valence-electron chi connectivity index (χ0n) is 10.1. The summed E-state index contributed by atoms with van der Waals surface area (Å²) in [6.45, 7) is 0. The molecule has 2 aromatic rings. The van der Waals surface area contributed by atoms with Gasteiger partial charge in [0.05, 0.1) is 21.3 Å². The van der Waals surface area contributed by atoms with Crippen LogP contribution in [0.1, 0.15) is 15.9 Å². The predicted molar refractivity (Wildman–Crippen MR) is 80.6 cm³/mol. The lowest BCUT2D eigenvalue weighted by atomic mass is 10.2. The Morgan fingerprint density at radius 3 is 2.75 bits per heavy atom. The number of halogens is 3. The van der Waals surface area contributed by atoms with Crippen LogP contribution in [0.5, 0.6) is 0 Å². The van der Waals surface area contributed by atoms with E-state index >= 15 is 0 Å². The molecular weight excluding hydrogens is 347 g/mol. The first-order valence-corrected chi connectivity index (χ1v) is 6.78.